The first-order valence-corrected chi connectivity index (χ1v) is 7.85. The lowest BCUT2D eigenvalue weighted by Crippen LogP contribution is -2.23. The van der Waals surface area contributed by atoms with Crippen LogP contribution >= 0.6 is 0 Å². The summed E-state index contributed by atoms with van der Waals surface area (Å²) < 4.78 is 1.89. The predicted octanol–water partition coefficient (Wildman–Crippen LogP) is 3.11. The summed E-state index contributed by atoms with van der Waals surface area (Å²) in [6.07, 6.45) is 1.67. The minimum absolute atomic E-state index is 0.178. The number of carbonyl (C=O) groups is 1. The van der Waals surface area contributed by atoms with Gasteiger partial charge in [0.2, 0.25) is 0 Å². The summed E-state index contributed by atoms with van der Waals surface area (Å²) in [5.41, 5.74) is 7.75. The molecule has 3 rings (SSSR count). The number of para-hydroxylation sites is 2. The lowest BCUT2D eigenvalue weighted by atomic mass is 10.1. The van der Waals surface area contributed by atoms with Gasteiger partial charge >= 0.3 is 0 Å². The van der Waals surface area contributed by atoms with Crippen molar-refractivity contribution in [3.05, 3.63) is 65.0 Å². The van der Waals surface area contributed by atoms with Gasteiger partial charge in [-0.2, -0.15) is 5.10 Å². The zero-order chi connectivity index (χ0) is 17.1. The summed E-state index contributed by atoms with van der Waals surface area (Å²) in [4.78, 5) is 16.6. The second-order valence-corrected chi connectivity index (χ2v) is 5.89. The number of benzene rings is 2. The maximum absolute atomic E-state index is 12.2. The molecule has 0 bridgehead atoms. The molecule has 1 amide bonds. The average Bonchev–Trinajstić information content (AvgIpc) is 2.85. The van der Waals surface area contributed by atoms with Gasteiger partial charge in [0.25, 0.3) is 5.91 Å². The van der Waals surface area contributed by atoms with Gasteiger partial charge in [0.15, 0.2) is 0 Å². The van der Waals surface area contributed by atoms with Gasteiger partial charge in [0, 0.05) is 0 Å². The molecule has 5 nitrogen and oxygen atoms in total. The van der Waals surface area contributed by atoms with Crippen LogP contribution in [-0.2, 0) is 11.3 Å². The van der Waals surface area contributed by atoms with Gasteiger partial charge in [-0.1, -0.05) is 35.9 Å². The highest BCUT2D eigenvalue weighted by molar-refractivity contribution is 5.84. The summed E-state index contributed by atoms with van der Waals surface area (Å²) in [5.74, 6) is 0.631. The van der Waals surface area contributed by atoms with Crippen molar-refractivity contribution in [2.45, 2.75) is 27.3 Å². The lowest BCUT2D eigenvalue weighted by molar-refractivity contribution is -0.121. The van der Waals surface area contributed by atoms with Crippen molar-refractivity contribution < 1.29 is 4.79 Å². The van der Waals surface area contributed by atoms with Gasteiger partial charge in [-0.05, 0) is 44.0 Å². The Bertz CT molecular complexity index is 924. The molecule has 122 valence electrons. The molecule has 0 atom stereocenters. The minimum Gasteiger partial charge on any atom is -0.319 e. The minimum atomic E-state index is -0.178. The van der Waals surface area contributed by atoms with Crippen LogP contribution in [0.5, 0.6) is 0 Å². The number of nitrogens with zero attached hydrogens (tertiary/aromatic N) is 3. The van der Waals surface area contributed by atoms with Crippen molar-refractivity contribution in [3.63, 3.8) is 0 Å². The smallest absolute Gasteiger partial charge is 0.260 e. The highest BCUT2D eigenvalue weighted by atomic mass is 16.2. The Morgan fingerprint density at radius 2 is 2.00 bits per heavy atom. The standard InChI is InChI=1S/C19H20N4O/c1-13-8-9-16(14(2)10-13)11-20-22-19(24)12-23-15(3)21-17-6-4-5-7-18(17)23/h4-11H,12H2,1-3H3,(H,22,24)/b20-11-. The molecular weight excluding hydrogens is 300 g/mol. The van der Waals surface area contributed by atoms with Crippen molar-refractivity contribution in [2.24, 2.45) is 5.10 Å². The van der Waals surface area contributed by atoms with E-state index in [9.17, 15) is 4.79 Å². The maximum Gasteiger partial charge on any atom is 0.260 e. The fourth-order valence-corrected chi connectivity index (χ4v) is 2.72. The van der Waals surface area contributed by atoms with Crippen LogP contribution in [0, 0.1) is 20.8 Å². The van der Waals surface area contributed by atoms with E-state index in [2.05, 4.69) is 21.6 Å². The zero-order valence-electron chi connectivity index (χ0n) is 14.1. The van der Waals surface area contributed by atoms with Crippen LogP contribution < -0.4 is 5.43 Å². The number of nitrogens with one attached hydrogen (secondary N) is 1. The van der Waals surface area contributed by atoms with Crippen molar-refractivity contribution in [3.8, 4) is 0 Å². The van der Waals surface area contributed by atoms with Gasteiger partial charge in [-0.3, -0.25) is 4.79 Å². The molecule has 0 aliphatic rings. The Kier molecular flexibility index (Phi) is 4.42. The molecule has 0 spiro atoms. The van der Waals surface area contributed by atoms with Gasteiger partial charge in [0.05, 0.1) is 17.2 Å². The largest absolute Gasteiger partial charge is 0.319 e. The summed E-state index contributed by atoms with van der Waals surface area (Å²) in [6, 6.07) is 13.9. The molecule has 0 saturated carbocycles. The van der Waals surface area contributed by atoms with E-state index < -0.39 is 0 Å². The Labute approximate surface area is 141 Å². The Morgan fingerprint density at radius 1 is 1.21 bits per heavy atom. The summed E-state index contributed by atoms with van der Waals surface area (Å²) in [6.45, 7) is 6.16. The van der Waals surface area contributed by atoms with Gasteiger partial charge in [-0.15, -0.1) is 0 Å². The summed E-state index contributed by atoms with van der Waals surface area (Å²) >= 11 is 0. The highest BCUT2D eigenvalue weighted by Gasteiger charge is 2.09. The molecule has 0 aliphatic heterocycles. The molecule has 2 aromatic carbocycles. The van der Waals surface area contributed by atoms with Crippen molar-refractivity contribution in [1.29, 1.82) is 0 Å². The monoisotopic (exact) mass is 320 g/mol. The maximum atomic E-state index is 12.2. The average molecular weight is 320 g/mol. The van der Waals surface area contributed by atoms with E-state index in [0.29, 0.717) is 0 Å². The Balaban J connectivity index is 1.69. The fraction of sp³-hybridized carbons (Fsp3) is 0.211. The molecule has 24 heavy (non-hydrogen) atoms. The Morgan fingerprint density at radius 3 is 2.79 bits per heavy atom. The summed E-state index contributed by atoms with van der Waals surface area (Å²) in [7, 11) is 0. The number of imidazole rings is 1. The number of aryl methyl sites for hydroxylation is 3. The highest BCUT2D eigenvalue weighted by Crippen LogP contribution is 2.15. The number of fused-ring (bicyclic) bond motifs is 1. The first kappa shape index (κ1) is 15.9. The van der Waals surface area contributed by atoms with Crippen LogP contribution in [0.3, 0.4) is 0 Å². The molecular formula is C19H20N4O. The van der Waals surface area contributed by atoms with Crippen molar-refractivity contribution >= 4 is 23.2 Å². The molecule has 1 heterocycles. The number of amides is 1. The third-order valence-electron chi connectivity index (χ3n) is 3.97. The number of hydrogen-bond acceptors (Lipinski definition) is 3. The van der Waals surface area contributed by atoms with Crippen molar-refractivity contribution in [2.75, 3.05) is 0 Å². The van der Waals surface area contributed by atoms with Crippen LogP contribution in [0.25, 0.3) is 11.0 Å². The number of hydrazone groups is 1. The molecule has 0 fully saturated rings. The van der Waals surface area contributed by atoms with E-state index >= 15 is 0 Å². The van der Waals surface area contributed by atoms with Crippen LogP contribution in [0.2, 0.25) is 0 Å². The second-order valence-electron chi connectivity index (χ2n) is 5.89. The lowest BCUT2D eigenvalue weighted by Gasteiger charge is -2.05. The molecule has 3 aromatic rings. The molecule has 1 aromatic heterocycles. The third-order valence-corrected chi connectivity index (χ3v) is 3.97. The normalized spacial score (nSPS) is 11.3. The van der Waals surface area contributed by atoms with Crippen LogP contribution in [0.4, 0.5) is 0 Å². The number of hydrogen-bond donors (Lipinski definition) is 1. The molecule has 0 saturated heterocycles. The summed E-state index contributed by atoms with van der Waals surface area (Å²) in [5, 5.41) is 4.06. The number of rotatable bonds is 4. The Hall–Kier alpha value is -2.95. The van der Waals surface area contributed by atoms with Crippen LogP contribution in [0.1, 0.15) is 22.5 Å². The van der Waals surface area contributed by atoms with Crippen LogP contribution in [-0.4, -0.2) is 21.7 Å². The van der Waals surface area contributed by atoms with E-state index in [1.807, 2.05) is 61.7 Å². The van der Waals surface area contributed by atoms with E-state index in [1.54, 1.807) is 6.21 Å². The fourth-order valence-electron chi connectivity index (χ4n) is 2.72. The van der Waals surface area contributed by atoms with E-state index in [-0.39, 0.29) is 12.5 Å². The van der Waals surface area contributed by atoms with Crippen molar-refractivity contribution in [1.82, 2.24) is 15.0 Å². The molecule has 0 aliphatic carbocycles. The first-order valence-electron chi connectivity index (χ1n) is 7.85. The SMILES string of the molecule is Cc1ccc(/C=N\NC(=O)Cn2c(C)nc3ccccc32)c(C)c1. The third kappa shape index (κ3) is 3.35. The van der Waals surface area contributed by atoms with Gasteiger partial charge in [-0.25, -0.2) is 10.4 Å². The molecule has 1 N–H and O–H groups in total. The van der Waals surface area contributed by atoms with E-state index in [0.717, 1.165) is 28.0 Å². The predicted molar refractivity (Wildman–Crippen MR) is 96.1 cm³/mol. The van der Waals surface area contributed by atoms with E-state index in [4.69, 9.17) is 0 Å². The molecule has 0 unspecified atom stereocenters. The number of carbonyl (C=O) groups excluding carboxylic acids is 1. The number of aromatic nitrogens is 2. The second kappa shape index (κ2) is 6.66. The van der Waals surface area contributed by atoms with E-state index in [1.165, 1.54) is 5.56 Å². The van der Waals surface area contributed by atoms with Crippen LogP contribution in [0.15, 0.2) is 47.6 Å². The molecule has 5 heteroatoms. The first-order chi connectivity index (χ1) is 11.5. The van der Waals surface area contributed by atoms with Gasteiger partial charge in [0.1, 0.15) is 12.4 Å². The topological polar surface area (TPSA) is 59.3 Å². The molecule has 0 radical (unpaired) electrons. The quantitative estimate of drug-likeness (QED) is 0.593. The zero-order valence-corrected chi connectivity index (χ0v) is 14.1. The van der Waals surface area contributed by atoms with Gasteiger partial charge < -0.3 is 4.57 Å².